The third kappa shape index (κ3) is 1.60. The summed E-state index contributed by atoms with van der Waals surface area (Å²) in [5.74, 6) is 0.501. The summed E-state index contributed by atoms with van der Waals surface area (Å²) in [6, 6.07) is 8.79. The van der Waals surface area contributed by atoms with Crippen molar-refractivity contribution in [3.05, 3.63) is 35.4 Å². The lowest BCUT2D eigenvalue weighted by atomic mass is 9.91. The lowest BCUT2D eigenvalue weighted by Crippen LogP contribution is -2.27. The van der Waals surface area contributed by atoms with Gasteiger partial charge in [-0.1, -0.05) is 24.3 Å². The van der Waals surface area contributed by atoms with Gasteiger partial charge in [0.25, 0.3) is 0 Å². The summed E-state index contributed by atoms with van der Waals surface area (Å²) in [6.45, 7) is 4.12. The van der Waals surface area contributed by atoms with Crippen LogP contribution in [0.15, 0.2) is 24.3 Å². The Bertz CT molecular complexity index is 296. The van der Waals surface area contributed by atoms with Crippen molar-refractivity contribution in [1.29, 1.82) is 0 Å². The number of benzene rings is 1. The third-order valence-electron chi connectivity index (χ3n) is 2.85. The molecule has 2 nitrogen and oxygen atoms in total. The van der Waals surface area contributed by atoms with E-state index in [1.165, 1.54) is 11.1 Å². The number of hydrogen-bond acceptors (Lipinski definition) is 2. The summed E-state index contributed by atoms with van der Waals surface area (Å²) >= 11 is 0. The first-order valence-electron chi connectivity index (χ1n) is 4.81. The molecule has 3 N–H and O–H groups in total. The Morgan fingerprint density at radius 3 is 2.69 bits per heavy atom. The maximum atomic E-state index is 6.02. The Labute approximate surface area is 79.1 Å². The molecule has 0 aromatic heterocycles. The highest BCUT2D eigenvalue weighted by atomic mass is 15.0. The molecule has 1 heterocycles. The highest BCUT2D eigenvalue weighted by molar-refractivity contribution is 5.31. The Hall–Kier alpha value is -0.860. The molecule has 0 saturated carbocycles. The molecule has 0 unspecified atom stereocenters. The Morgan fingerprint density at radius 1 is 1.31 bits per heavy atom. The third-order valence-corrected chi connectivity index (χ3v) is 2.85. The van der Waals surface area contributed by atoms with Crippen LogP contribution in [0.1, 0.15) is 17.0 Å². The summed E-state index contributed by atoms with van der Waals surface area (Å²) < 4.78 is 0. The van der Waals surface area contributed by atoms with Crippen LogP contribution >= 0.6 is 0 Å². The monoisotopic (exact) mass is 176 g/mol. The minimum atomic E-state index is 0.279. The van der Waals surface area contributed by atoms with Crippen molar-refractivity contribution in [3.8, 4) is 0 Å². The molecule has 0 aliphatic carbocycles. The van der Waals surface area contributed by atoms with Gasteiger partial charge in [-0.25, -0.2) is 0 Å². The van der Waals surface area contributed by atoms with E-state index < -0.39 is 0 Å². The molecular formula is C11H16N2. The van der Waals surface area contributed by atoms with E-state index >= 15 is 0 Å². The SMILES string of the molecule is Cc1ccccc1[C@H]1CNC[C@H]1N. The zero-order valence-electron chi connectivity index (χ0n) is 7.96. The van der Waals surface area contributed by atoms with Gasteiger partial charge in [0.15, 0.2) is 0 Å². The number of nitrogens with two attached hydrogens (primary N) is 1. The number of aryl methyl sites for hydroxylation is 1. The fourth-order valence-corrected chi connectivity index (χ4v) is 2.04. The van der Waals surface area contributed by atoms with Crippen molar-refractivity contribution in [1.82, 2.24) is 5.32 Å². The lowest BCUT2D eigenvalue weighted by Gasteiger charge is -2.16. The normalized spacial score (nSPS) is 27.8. The van der Waals surface area contributed by atoms with Crippen LogP contribution in [0, 0.1) is 6.92 Å². The second kappa shape index (κ2) is 3.48. The molecule has 2 heteroatoms. The van der Waals surface area contributed by atoms with Crippen molar-refractivity contribution >= 4 is 0 Å². The quantitative estimate of drug-likeness (QED) is 0.670. The van der Waals surface area contributed by atoms with Crippen molar-refractivity contribution in [2.24, 2.45) is 5.73 Å². The van der Waals surface area contributed by atoms with Crippen LogP contribution in [0.4, 0.5) is 0 Å². The molecule has 2 rings (SSSR count). The van der Waals surface area contributed by atoms with E-state index in [0.717, 1.165) is 13.1 Å². The summed E-state index contributed by atoms with van der Waals surface area (Å²) in [5, 5.41) is 3.32. The van der Waals surface area contributed by atoms with E-state index in [1.807, 2.05) is 0 Å². The van der Waals surface area contributed by atoms with Crippen LogP contribution in [0.25, 0.3) is 0 Å². The molecule has 0 spiro atoms. The van der Waals surface area contributed by atoms with Gasteiger partial charge in [-0.15, -0.1) is 0 Å². The van der Waals surface area contributed by atoms with Gasteiger partial charge in [0.1, 0.15) is 0 Å². The molecule has 1 saturated heterocycles. The average Bonchev–Trinajstić information content (AvgIpc) is 2.52. The standard InChI is InChI=1S/C11H16N2/c1-8-4-2-3-5-9(8)10-6-13-7-11(10)12/h2-5,10-11,13H,6-7,12H2,1H3/t10-,11-/m1/s1. The van der Waals surface area contributed by atoms with Crippen molar-refractivity contribution in [3.63, 3.8) is 0 Å². The Kier molecular flexibility index (Phi) is 2.34. The minimum absolute atomic E-state index is 0.279. The first-order valence-corrected chi connectivity index (χ1v) is 4.81. The summed E-state index contributed by atoms with van der Waals surface area (Å²) in [4.78, 5) is 0. The summed E-state index contributed by atoms with van der Waals surface area (Å²) in [6.07, 6.45) is 0. The Morgan fingerprint density at radius 2 is 2.08 bits per heavy atom. The van der Waals surface area contributed by atoms with Crippen LogP contribution < -0.4 is 11.1 Å². The molecule has 0 bridgehead atoms. The number of rotatable bonds is 1. The topological polar surface area (TPSA) is 38.0 Å². The van der Waals surface area contributed by atoms with E-state index in [4.69, 9.17) is 5.73 Å². The van der Waals surface area contributed by atoms with Gasteiger partial charge < -0.3 is 11.1 Å². The average molecular weight is 176 g/mol. The predicted octanol–water partition coefficient (Wildman–Crippen LogP) is 1.01. The number of hydrogen-bond donors (Lipinski definition) is 2. The molecule has 70 valence electrons. The Balaban J connectivity index is 2.29. The van der Waals surface area contributed by atoms with E-state index in [2.05, 4.69) is 36.5 Å². The molecule has 13 heavy (non-hydrogen) atoms. The molecule has 1 aromatic rings. The van der Waals surface area contributed by atoms with Crippen LogP contribution in [-0.2, 0) is 0 Å². The van der Waals surface area contributed by atoms with Gasteiger partial charge >= 0.3 is 0 Å². The maximum absolute atomic E-state index is 6.02. The van der Waals surface area contributed by atoms with Crippen LogP contribution in [0.2, 0.25) is 0 Å². The lowest BCUT2D eigenvalue weighted by molar-refractivity contribution is 0.650. The summed E-state index contributed by atoms with van der Waals surface area (Å²) in [7, 11) is 0. The van der Waals surface area contributed by atoms with Gasteiger partial charge in [0.05, 0.1) is 0 Å². The zero-order valence-corrected chi connectivity index (χ0v) is 7.96. The highest BCUT2D eigenvalue weighted by Crippen LogP contribution is 2.24. The first-order chi connectivity index (χ1) is 6.29. The zero-order chi connectivity index (χ0) is 9.26. The number of nitrogens with one attached hydrogen (secondary N) is 1. The van der Waals surface area contributed by atoms with E-state index in [0.29, 0.717) is 5.92 Å². The fourth-order valence-electron chi connectivity index (χ4n) is 2.04. The molecule has 0 amide bonds. The second-order valence-electron chi connectivity index (χ2n) is 3.79. The van der Waals surface area contributed by atoms with Crippen LogP contribution in [-0.4, -0.2) is 19.1 Å². The smallest absolute Gasteiger partial charge is 0.0247 e. The van der Waals surface area contributed by atoms with Gasteiger partial charge in [-0.3, -0.25) is 0 Å². The van der Waals surface area contributed by atoms with Gasteiger partial charge in [0.2, 0.25) is 0 Å². The van der Waals surface area contributed by atoms with Crippen LogP contribution in [0.5, 0.6) is 0 Å². The molecule has 1 aliphatic heterocycles. The molecule has 1 aromatic carbocycles. The van der Waals surface area contributed by atoms with Gasteiger partial charge in [-0.05, 0) is 18.1 Å². The molecule has 0 radical (unpaired) electrons. The largest absolute Gasteiger partial charge is 0.326 e. The van der Waals surface area contributed by atoms with Crippen molar-refractivity contribution < 1.29 is 0 Å². The first kappa shape index (κ1) is 8.73. The van der Waals surface area contributed by atoms with E-state index in [1.54, 1.807) is 0 Å². The van der Waals surface area contributed by atoms with E-state index in [9.17, 15) is 0 Å². The van der Waals surface area contributed by atoms with Gasteiger partial charge in [-0.2, -0.15) is 0 Å². The van der Waals surface area contributed by atoms with Crippen LogP contribution in [0.3, 0.4) is 0 Å². The van der Waals surface area contributed by atoms with Gasteiger partial charge in [0, 0.05) is 25.0 Å². The van der Waals surface area contributed by atoms with Crippen molar-refractivity contribution in [2.75, 3.05) is 13.1 Å². The summed E-state index contributed by atoms with van der Waals surface area (Å²) in [5.41, 5.74) is 8.77. The van der Waals surface area contributed by atoms with Crippen molar-refractivity contribution in [2.45, 2.75) is 18.9 Å². The molecule has 1 fully saturated rings. The molecular weight excluding hydrogens is 160 g/mol. The minimum Gasteiger partial charge on any atom is -0.326 e. The van der Waals surface area contributed by atoms with E-state index in [-0.39, 0.29) is 6.04 Å². The highest BCUT2D eigenvalue weighted by Gasteiger charge is 2.25. The molecule has 2 atom stereocenters. The fraction of sp³-hybridized carbons (Fsp3) is 0.455. The molecule has 1 aliphatic rings. The predicted molar refractivity (Wildman–Crippen MR) is 54.8 cm³/mol. The second-order valence-corrected chi connectivity index (χ2v) is 3.79. The maximum Gasteiger partial charge on any atom is 0.0247 e.